The molecule has 1 amide bonds. The Bertz CT molecular complexity index is 386. The fraction of sp³-hybridized carbons (Fsp3) is 0.615. The van der Waals surface area contributed by atoms with Crippen LogP contribution in [-0.2, 0) is 11.3 Å². The predicted molar refractivity (Wildman–Crippen MR) is 70.5 cm³/mol. The van der Waals surface area contributed by atoms with Crippen molar-refractivity contribution >= 4 is 17.5 Å². The average molecular weight is 271 g/mol. The first-order valence-corrected chi connectivity index (χ1v) is 6.86. The molecule has 1 N–H and O–H groups in total. The van der Waals surface area contributed by atoms with Crippen molar-refractivity contribution in [1.29, 1.82) is 0 Å². The highest BCUT2D eigenvalue weighted by Crippen LogP contribution is 2.12. The molecule has 1 aliphatic heterocycles. The Labute approximate surface area is 112 Å². The first-order chi connectivity index (χ1) is 8.75. The molecular formula is C13H19ClN2O2. The van der Waals surface area contributed by atoms with Gasteiger partial charge >= 0.3 is 0 Å². The summed E-state index contributed by atoms with van der Waals surface area (Å²) in [5.41, 5.74) is 0. The highest BCUT2D eigenvalue weighted by atomic mass is 35.5. The average Bonchev–Trinajstić information content (AvgIpc) is 2.81. The lowest BCUT2D eigenvalue weighted by atomic mass is 10.1. The van der Waals surface area contributed by atoms with E-state index in [-0.39, 0.29) is 5.91 Å². The normalized spacial score (nSPS) is 15.9. The molecule has 4 nitrogen and oxygen atoms in total. The van der Waals surface area contributed by atoms with Crippen LogP contribution < -0.4 is 5.32 Å². The number of rotatable bonds is 5. The first kappa shape index (κ1) is 13.4. The van der Waals surface area contributed by atoms with Gasteiger partial charge in [0, 0.05) is 26.1 Å². The highest BCUT2D eigenvalue weighted by Gasteiger charge is 2.15. The fourth-order valence-corrected chi connectivity index (χ4v) is 2.32. The third-order valence-corrected chi connectivity index (χ3v) is 3.36. The zero-order chi connectivity index (χ0) is 12.8. The molecule has 1 aromatic heterocycles. The standard InChI is InChI=1S/C13H19ClN2O2/c14-12-5-4-11(18-12)10-15-7-6-13(17)16-8-2-1-3-9-16/h4-5,15H,1-3,6-10H2. The van der Waals surface area contributed by atoms with Crippen molar-refractivity contribution < 1.29 is 9.21 Å². The largest absolute Gasteiger partial charge is 0.448 e. The Hall–Kier alpha value is -1.00. The van der Waals surface area contributed by atoms with Crippen molar-refractivity contribution in [3.8, 4) is 0 Å². The van der Waals surface area contributed by atoms with Crippen LogP contribution in [0, 0.1) is 0 Å². The quantitative estimate of drug-likeness (QED) is 0.836. The van der Waals surface area contributed by atoms with Gasteiger partial charge in [0.1, 0.15) is 5.76 Å². The third-order valence-electron chi connectivity index (χ3n) is 3.15. The van der Waals surface area contributed by atoms with Crippen LogP contribution in [0.15, 0.2) is 16.5 Å². The van der Waals surface area contributed by atoms with Gasteiger partial charge in [0.15, 0.2) is 5.22 Å². The van der Waals surface area contributed by atoms with E-state index in [0.717, 1.165) is 31.7 Å². The SMILES string of the molecule is O=C(CCNCc1ccc(Cl)o1)N1CCCCC1. The summed E-state index contributed by atoms with van der Waals surface area (Å²) in [6.45, 7) is 3.13. The smallest absolute Gasteiger partial charge is 0.223 e. The third kappa shape index (κ3) is 4.03. The molecule has 1 fully saturated rings. The summed E-state index contributed by atoms with van der Waals surface area (Å²) in [6, 6.07) is 3.55. The minimum absolute atomic E-state index is 0.250. The number of likely N-dealkylation sites (tertiary alicyclic amines) is 1. The lowest BCUT2D eigenvalue weighted by Crippen LogP contribution is -2.37. The van der Waals surface area contributed by atoms with Crippen LogP contribution >= 0.6 is 11.6 Å². The van der Waals surface area contributed by atoms with Crippen molar-refractivity contribution in [3.63, 3.8) is 0 Å². The summed E-state index contributed by atoms with van der Waals surface area (Å²) in [4.78, 5) is 13.8. The monoisotopic (exact) mass is 270 g/mol. The summed E-state index contributed by atoms with van der Waals surface area (Å²) in [6.07, 6.45) is 4.09. The molecular weight excluding hydrogens is 252 g/mol. The number of nitrogens with zero attached hydrogens (tertiary/aromatic N) is 1. The molecule has 0 aliphatic carbocycles. The van der Waals surface area contributed by atoms with Crippen molar-refractivity contribution in [2.75, 3.05) is 19.6 Å². The molecule has 0 bridgehead atoms. The lowest BCUT2D eigenvalue weighted by molar-refractivity contribution is -0.131. The van der Waals surface area contributed by atoms with E-state index in [1.165, 1.54) is 6.42 Å². The predicted octanol–water partition coefficient (Wildman–Crippen LogP) is 2.43. The number of carbonyl (C=O) groups is 1. The Morgan fingerprint density at radius 1 is 1.33 bits per heavy atom. The number of carbonyl (C=O) groups excluding carboxylic acids is 1. The van der Waals surface area contributed by atoms with E-state index in [2.05, 4.69) is 5.32 Å². The summed E-state index contributed by atoms with van der Waals surface area (Å²) >= 11 is 5.67. The van der Waals surface area contributed by atoms with E-state index in [0.29, 0.717) is 24.7 Å². The van der Waals surface area contributed by atoms with Gasteiger partial charge in [-0.1, -0.05) is 0 Å². The second-order valence-electron chi connectivity index (χ2n) is 4.57. The van der Waals surface area contributed by atoms with Gasteiger partial charge in [-0.15, -0.1) is 0 Å². The number of hydrogen-bond donors (Lipinski definition) is 1. The molecule has 0 radical (unpaired) electrons. The van der Waals surface area contributed by atoms with Crippen molar-refractivity contribution in [3.05, 3.63) is 23.1 Å². The van der Waals surface area contributed by atoms with Gasteiger partial charge in [0.05, 0.1) is 6.54 Å². The van der Waals surface area contributed by atoms with Crippen LogP contribution in [0.25, 0.3) is 0 Å². The summed E-state index contributed by atoms with van der Waals surface area (Å²) in [5, 5.41) is 3.58. The van der Waals surface area contributed by atoms with E-state index in [9.17, 15) is 4.79 Å². The lowest BCUT2D eigenvalue weighted by Gasteiger charge is -2.26. The zero-order valence-corrected chi connectivity index (χ0v) is 11.2. The molecule has 0 unspecified atom stereocenters. The van der Waals surface area contributed by atoms with E-state index in [1.54, 1.807) is 6.07 Å². The molecule has 1 saturated heterocycles. The minimum atomic E-state index is 0.250. The van der Waals surface area contributed by atoms with Gasteiger partial charge in [0.25, 0.3) is 0 Å². The molecule has 2 heterocycles. The van der Waals surface area contributed by atoms with E-state index in [1.807, 2.05) is 11.0 Å². The molecule has 18 heavy (non-hydrogen) atoms. The number of amides is 1. The molecule has 5 heteroatoms. The molecule has 2 rings (SSSR count). The number of hydrogen-bond acceptors (Lipinski definition) is 3. The Kier molecular flexibility index (Phi) is 5.08. The zero-order valence-electron chi connectivity index (χ0n) is 10.5. The van der Waals surface area contributed by atoms with Crippen molar-refractivity contribution in [1.82, 2.24) is 10.2 Å². The number of halogens is 1. The molecule has 0 atom stereocenters. The van der Waals surface area contributed by atoms with Gasteiger partial charge in [-0.05, 0) is 43.0 Å². The van der Waals surface area contributed by atoms with E-state index in [4.69, 9.17) is 16.0 Å². The van der Waals surface area contributed by atoms with Crippen molar-refractivity contribution in [2.24, 2.45) is 0 Å². The van der Waals surface area contributed by atoms with Crippen LogP contribution in [0.5, 0.6) is 0 Å². The van der Waals surface area contributed by atoms with Gasteiger partial charge in [-0.25, -0.2) is 0 Å². The van der Waals surface area contributed by atoms with Gasteiger partial charge in [0.2, 0.25) is 5.91 Å². The van der Waals surface area contributed by atoms with Crippen LogP contribution in [0.4, 0.5) is 0 Å². The Morgan fingerprint density at radius 3 is 2.78 bits per heavy atom. The topological polar surface area (TPSA) is 45.5 Å². The van der Waals surface area contributed by atoms with Crippen LogP contribution in [0.2, 0.25) is 5.22 Å². The molecule has 1 aliphatic rings. The summed E-state index contributed by atoms with van der Waals surface area (Å²) in [5.74, 6) is 1.05. The number of piperidine rings is 1. The van der Waals surface area contributed by atoms with Crippen molar-refractivity contribution in [2.45, 2.75) is 32.2 Å². The van der Waals surface area contributed by atoms with Gasteiger partial charge in [-0.2, -0.15) is 0 Å². The van der Waals surface area contributed by atoms with Gasteiger partial charge < -0.3 is 14.6 Å². The fourth-order valence-electron chi connectivity index (χ4n) is 2.16. The van der Waals surface area contributed by atoms with Crippen LogP contribution in [-0.4, -0.2) is 30.4 Å². The molecule has 0 saturated carbocycles. The van der Waals surface area contributed by atoms with E-state index < -0.39 is 0 Å². The van der Waals surface area contributed by atoms with Crippen LogP contribution in [0.1, 0.15) is 31.4 Å². The first-order valence-electron chi connectivity index (χ1n) is 6.48. The van der Waals surface area contributed by atoms with Crippen LogP contribution in [0.3, 0.4) is 0 Å². The minimum Gasteiger partial charge on any atom is -0.448 e. The molecule has 1 aromatic rings. The number of nitrogens with one attached hydrogen (secondary N) is 1. The molecule has 100 valence electrons. The second-order valence-corrected chi connectivity index (χ2v) is 4.95. The second kappa shape index (κ2) is 6.81. The molecule has 0 aromatic carbocycles. The summed E-state index contributed by atoms with van der Waals surface area (Å²) < 4.78 is 5.21. The molecule has 0 spiro atoms. The Morgan fingerprint density at radius 2 is 2.11 bits per heavy atom. The maximum Gasteiger partial charge on any atom is 0.223 e. The Balaban J connectivity index is 1.61. The van der Waals surface area contributed by atoms with Gasteiger partial charge in [-0.3, -0.25) is 4.79 Å². The maximum absolute atomic E-state index is 11.9. The summed E-state index contributed by atoms with van der Waals surface area (Å²) in [7, 11) is 0. The number of furan rings is 1. The maximum atomic E-state index is 11.9. The highest BCUT2D eigenvalue weighted by molar-refractivity contribution is 6.28. The van der Waals surface area contributed by atoms with E-state index >= 15 is 0 Å².